The normalized spacial score (nSPS) is 10.3. The van der Waals surface area contributed by atoms with Crippen LogP contribution < -0.4 is 10.5 Å². The lowest BCUT2D eigenvalue weighted by molar-refractivity contribution is 0.103. The van der Waals surface area contributed by atoms with Crippen molar-refractivity contribution >= 4 is 23.1 Å². The van der Waals surface area contributed by atoms with Crippen molar-refractivity contribution in [3.8, 4) is 5.75 Å². The van der Waals surface area contributed by atoms with E-state index in [0.717, 1.165) is 0 Å². The number of halogens is 2. The number of benzene rings is 2. The summed E-state index contributed by atoms with van der Waals surface area (Å²) in [5.74, 6) is -0.830. The quantitative estimate of drug-likeness (QED) is 0.693. The van der Waals surface area contributed by atoms with Gasteiger partial charge < -0.3 is 10.5 Å². The lowest BCUT2D eigenvalue weighted by Gasteiger charge is -2.07. The highest BCUT2D eigenvalue weighted by molar-refractivity contribution is 6.35. The van der Waals surface area contributed by atoms with Crippen molar-refractivity contribution in [2.75, 3.05) is 12.8 Å². The third kappa shape index (κ3) is 2.69. The van der Waals surface area contributed by atoms with Crippen LogP contribution in [0.5, 0.6) is 5.75 Å². The summed E-state index contributed by atoms with van der Waals surface area (Å²) >= 11 is 5.97. The Labute approximate surface area is 114 Å². The fourth-order valence-electron chi connectivity index (χ4n) is 1.67. The van der Waals surface area contributed by atoms with Gasteiger partial charge in [0.05, 0.1) is 12.1 Å². The molecule has 0 unspecified atom stereocenters. The topological polar surface area (TPSA) is 52.3 Å². The summed E-state index contributed by atoms with van der Waals surface area (Å²) < 4.78 is 18.1. The zero-order valence-corrected chi connectivity index (χ0v) is 10.9. The Morgan fingerprint density at radius 2 is 2.00 bits per heavy atom. The van der Waals surface area contributed by atoms with Gasteiger partial charge in [0.1, 0.15) is 0 Å². The minimum atomic E-state index is -0.526. The molecule has 2 aromatic carbocycles. The summed E-state index contributed by atoms with van der Waals surface area (Å²) in [5, 5.41) is 0.258. The van der Waals surface area contributed by atoms with Gasteiger partial charge in [-0.2, -0.15) is 0 Å². The molecule has 98 valence electrons. The molecule has 0 amide bonds. The maximum Gasteiger partial charge on any atom is 0.194 e. The van der Waals surface area contributed by atoms with Crippen molar-refractivity contribution in [3.63, 3.8) is 0 Å². The van der Waals surface area contributed by atoms with Crippen LogP contribution in [0.3, 0.4) is 0 Å². The maximum absolute atomic E-state index is 13.3. The average Bonchev–Trinajstić information content (AvgIpc) is 2.38. The summed E-state index contributed by atoms with van der Waals surface area (Å²) in [4.78, 5) is 12.3. The zero-order chi connectivity index (χ0) is 14.0. The van der Waals surface area contributed by atoms with Crippen LogP contribution in [0.15, 0.2) is 36.4 Å². The van der Waals surface area contributed by atoms with Crippen LogP contribution in [0.4, 0.5) is 10.1 Å². The first-order valence-electron chi connectivity index (χ1n) is 5.46. The van der Waals surface area contributed by atoms with Crippen molar-refractivity contribution < 1.29 is 13.9 Å². The van der Waals surface area contributed by atoms with Crippen LogP contribution >= 0.6 is 11.6 Å². The van der Waals surface area contributed by atoms with Crippen molar-refractivity contribution in [3.05, 3.63) is 58.4 Å². The highest BCUT2D eigenvalue weighted by Crippen LogP contribution is 2.25. The van der Waals surface area contributed by atoms with Gasteiger partial charge in [0.25, 0.3) is 0 Å². The van der Waals surface area contributed by atoms with Crippen molar-refractivity contribution in [2.45, 2.75) is 0 Å². The van der Waals surface area contributed by atoms with E-state index in [1.165, 1.54) is 37.4 Å². The highest BCUT2D eigenvalue weighted by atomic mass is 35.5. The first-order valence-corrected chi connectivity index (χ1v) is 5.84. The molecular formula is C14H11ClFNO2. The van der Waals surface area contributed by atoms with Crippen LogP contribution in [-0.4, -0.2) is 12.9 Å². The van der Waals surface area contributed by atoms with Gasteiger partial charge in [-0.3, -0.25) is 4.79 Å². The van der Waals surface area contributed by atoms with Crippen LogP contribution in [0.25, 0.3) is 0 Å². The number of carbonyl (C=O) groups is 1. The van der Waals surface area contributed by atoms with Crippen LogP contribution in [0.2, 0.25) is 5.02 Å². The molecule has 3 nitrogen and oxygen atoms in total. The monoisotopic (exact) mass is 279 g/mol. The fraction of sp³-hybridized carbons (Fsp3) is 0.0714. The lowest BCUT2D eigenvalue weighted by Crippen LogP contribution is -2.03. The first-order chi connectivity index (χ1) is 9.02. The maximum atomic E-state index is 13.3. The lowest BCUT2D eigenvalue weighted by atomic mass is 10.0. The van der Waals surface area contributed by atoms with E-state index in [1.54, 1.807) is 6.07 Å². The van der Waals surface area contributed by atoms with Gasteiger partial charge in [-0.05, 0) is 36.4 Å². The predicted molar refractivity (Wildman–Crippen MR) is 72.2 cm³/mol. The first kappa shape index (κ1) is 13.4. The molecule has 0 aliphatic heterocycles. The smallest absolute Gasteiger partial charge is 0.194 e. The minimum Gasteiger partial charge on any atom is -0.494 e. The van der Waals surface area contributed by atoms with Gasteiger partial charge in [0.2, 0.25) is 0 Å². The molecule has 2 aromatic rings. The Balaban J connectivity index is 2.44. The van der Waals surface area contributed by atoms with E-state index in [0.29, 0.717) is 16.8 Å². The average molecular weight is 280 g/mol. The second-order valence-corrected chi connectivity index (χ2v) is 4.32. The largest absolute Gasteiger partial charge is 0.494 e. The van der Waals surface area contributed by atoms with Crippen molar-refractivity contribution in [1.82, 2.24) is 0 Å². The van der Waals surface area contributed by atoms with Gasteiger partial charge in [-0.25, -0.2) is 4.39 Å². The second kappa shape index (κ2) is 5.28. The molecule has 0 fully saturated rings. The molecule has 2 rings (SSSR count). The molecular weight excluding hydrogens is 269 g/mol. The third-order valence-corrected chi connectivity index (χ3v) is 2.96. The number of nitrogens with two attached hydrogens (primary N) is 1. The molecule has 0 saturated carbocycles. The van der Waals surface area contributed by atoms with Gasteiger partial charge >= 0.3 is 0 Å². The van der Waals surface area contributed by atoms with E-state index in [4.69, 9.17) is 22.1 Å². The Morgan fingerprint density at radius 1 is 1.26 bits per heavy atom. The van der Waals surface area contributed by atoms with Gasteiger partial charge in [-0.15, -0.1) is 0 Å². The van der Waals surface area contributed by atoms with Gasteiger partial charge in [0.15, 0.2) is 17.3 Å². The van der Waals surface area contributed by atoms with Gasteiger partial charge in [0, 0.05) is 16.8 Å². The Hall–Kier alpha value is -2.07. The van der Waals surface area contributed by atoms with E-state index in [-0.39, 0.29) is 16.6 Å². The molecule has 0 heterocycles. The van der Waals surface area contributed by atoms with E-state index in [2.05, 4.69) is 0 Å². The molecule has 19 heavy (non-hydrogen) atoms. The number of hydrogen-bond donors (Lipinski definition) is 1. The number of anilines is 1. The molecule has 2 N–H and O–H groups in total. The molecule has 0 aliphatic carbocycles. The van der Waals surface area contributed by atoms with E-state index >= 15 is 0 Å². The zero-order valence-electron chi connectivity index (χ0n) is 10.1. The van der Waals surface area contributed by atoms with Crippen molar-refractivity contribution in [2.24, 2.45) is 0 Å². The predicted octanol–water partition coefficient (Wildman–Crippen LogP) is 3.30. The van der Waals surface area contributed by atoms with Crippen LogP contribution in [-0.2, 0) is 0 Å². The molecule has 5 heteroatoms. The number of rotatable bonds is 3. The van der Waals surface area contributed by atoms with Crippen LogP contribution in [0.1, 0.15) is 15.9 Å². The van der Waals surface area contributed by atoms with Crippen LogP contribution in [0, 0.1) is 5.82 Å². The summed E-state index contributed by atoms with van der Waals surface area (Å²) in [6, 6.07) is 8.51. The molecule has 0 radical (unpaired) electrons. The number of carbonyl (C=O) groups excluding carboxylic acids is 1. The number of ether oxygens (including phenoxy) is 1. The third-order valence-electron chi connectivity index (χ3n) is 2.65. The number of nitrogen functional groups attached to an aromatic ring is 1. The van der Waals surface area contributed by atoms with Gasteiger partial charge in [-0.1, -0.05) is 11.6 Å². The van der Waals surface area contributed by atoms with E-state index < -0.39 is 5.82 Å². The molecule has 0 spiro atoms. The summed E-state index contributed by atoms with van der Waals surface area (Å²) in [5.41, 5.74) is 6.64. The molecule has 0 atom stereocenters. The van der Waals surface area contributed by atoms with E-state index in [9.17, 15) is 9.18 Å². The fourth-order valence-corrected chi connectivity index (χ4v) is 1.95. The Morgan fingerprint density at radius 3 is 2.63 bits per heavy atom. The molecule has 0 bridgehead atoms. The highest BCUT2D eigenvalue weighted by Gasteiger charge is 2.15. The molecule has 0 aromatic heterocycles. The number of ketones is 1. The summed E-state index contributed by atoms with van der Waals surface area (Å²) in [6.07, 6.45) is 0. The Bertz CT molecular complexity index is 643. The van der Waals surface area contributed by atoms with Crippen molar-refractivity contribution in [1.29, 1.82) is 0 Å². The summed E-state index contributed by atoms with van der Waals surface area (Å²) in [7, 11) is 1.34. The molecule has 0 aliphatic rings. The number of methoxy groups -OCH3 is 1. The Kier molecular flexibility index (Phi) is 3.71. The van der Waals surface area contributed by atoms with E-state index in [1.807, 2.05) is 0 Å². The SMILES string of the molecule is COc1cc(C(=O)c2ccc(N)cc2Cl)ccc1F. The standard InChI is InChI=1S/C14H11ClFNO2/c1-19-13-6-8(2-5-12(13)16)14(18)10-4-3-9(17)7-11(10)15/h2-7H,17H2,1H3. The minimum absolute atomic E-state index is 0.0115. The molecule has 0 saturated heterocycles. The number of hydrogen-bond acceptors (Lipinski definition) is 3. The summed E-state index contributed by atoms with van der Waals surface area (Å²) in [6.45, 7) is 0. The second-order valence-electron chi connectivity index (χ2n) is 3.92.